The van der Waals surface area contributed by atoms with Crippen LogP contribution >= 0.6 is 15.9 Å². The summed E-state index contributed by atoms with van der Waals surface area (Å²) in [5.41, 5.74) is 4.42. The number of carbonyl (C=O) groups excluding carboxylic acids is 1. The zero-order chi connectivity index (χ0) is 21.8. The van der Waals surface area contributed by atoms with Gasteiger partial charge in [-0.2, -0.15) is 0 Å². The van der Waals surface area contributed by atoms with E-state index in [-0.39, 0.29) is 17.3 Å². The van der Waals surface area contributed by atoms with Gasteiger partial charge >= 0.3 is 0 Å². The normalized spacial score (nSPS) is 13.6. The number of amides is 1. The van der Waals surface area contributed by atoms with Gasteiger partial charge in [0.15, 0.2) is 0 Å². The van der Waals surface area contributed by atoms with E-state index in [2.05, 4.69) is 26.7 Å². The topological polar surface area (TPSA) is 66.5 Å². The fourth-order valence-corrected chi connectivity index (χ4v) is 5.13. The van der Waals surface area contributed by atoms with Crippen LogP contribution in [0.4, 0.5) is 5.69 Å². The van der Waals surface area contributed by atoms with Crippen molar-refractivity contribution in [1.29, 1.82) is 0 Å². The molecule has 0 unspecified atom stereocenters. The van der Waals surface area contributed by atoms with E-state index in [1.54, 1.807) is 42.5 Å². The fraction of sp³-hybridized carbons (Fsp3) is 0.208. The Kier molecular flexibility index (Phi) is 6.55. The highest BCUT2D eigenvalue weighted by Gasteiger charge is 2.23. The van der Waals surface area contributed by atoms with Crippen molar-refractivity contribution in [3.63, 3.8) is 0 Å². The molecule has 0 saturated carbocycles. The summed E-state index contributed by atoms with van der Waals surface area (Å²) in [5.74, 6) is -0.0674. The third-order valence-corrected chi connectivity index (χ3v) is 7.45. The van der Waals surface area contributed by atoms with Gasteiger partial charge in [0, 0.05) is 29.7 Å². The monoisotopic (exact) mass is 498 g/mol. The lowest BCUT2D eigenvalue weighted by atomic mass is 10.0. The first-order chi connectivity index (χ1) is 15.0. The van der Waals surface area contributed by atoms with Crippen LogP contribution in [-0.2, 0) is 28.3 Å². The molecule has 1 heterocycles. The van der Waals surface area contributed by atoms with Gasteiger partial charge in [-0.1, -0.05) is 58.4 Å². The number of carbonyl (C=O) groups is 1. The number of benzene rings is 3. The van der Waals surface area contributed by atoms with Gasteiger partial charge in [0.25, 0.3) is 5.91 Å². The molecule has 0 saturated heterocycles. The van der Waals surface area contributed by atoms with E-state index in [4.69, 9.17) is 0 Å². The third kappa shape index (κ3) is 4.89. The van der Waals surface area contributed by atoms with Gasteiger partial charge < -0.3 is 4.90 Å². The first-order valence-corrected chi connectivity index (χ1v) is 12.7. The molecule has 0 bridgehead atoms. The smallest absolute Gasteiger partial charge is 0.258 e. The lowest BCUT2D eigenvalue weighted by Gasteiger charge is -2.29. The fourth-order valence-electron chi connectivity index (χ4n) is 3.73. The number of sulfonamides is 1. The van der Waals surface area contributed by atoms with Crippen LogP contribution in [0, 0.1) is 0 Å². The molecule has 0 atom stereocenters. The standard InChI is InChI=1S/C24H23BrN2O3S/c25-16-18-10-12-22(13-11-18)31(29,30)26-17-19-5-3-7-21(15-19)24(28)27-14-4-8-20-6-1-2-9-23(20)27/h1-3,5-7,9-13,15,26H,4,8,14,16-17H2. The van der Waals surface area contributed by atoms with Gasteiger partial charge in [-0.15, -0.1) is 0 Å². The first kappa shape index (κ1) is 21.7. The molecule has 1 amide bonds. The van der Waals surface area contributed by atoms with Crippen LogP contribution in [0.2, 0.25) is 0 Å². The van der Waals surface area contributed by atoms with Gasteiger partial charge in [-0.3, -0.25) is 4.79 Å². The molecule has 7 heteroatoms. The van der Waals surface area contributed by atoms with Crippen molar-refractivity contribution in [2.45, 2.75) is 29.6 Å². The highest BCUT2D eigenvalue weighted by atomic mass is 79.9. The molecule has 0 radical (unpaired) electrons. The maximum atomic E-state index is 13.2. The first-order valence-electron chi connectivity index (χ1n) is 10.1. The molecule has 1 aliphatic rings. The predicted molar refractivity (Wildman–Crippen MR) is 126 cm³/mol. The van der Waals surface area contributed by atoms with E-state index in [0.29, 0.717) is 17.4 Å². The van der Waals surface area contributed by atoms with Crippen LogP contribution < -0.4 is 9.62 Å². The van der Waals surface area contributed by atoms with Gasteiger partial charge in [-0.05, 0) is 59.9 Å². The van der Waals surface area contributed by atoms with E-state index in [0.717, 1.165) is 29.7 Å². The minimum absolute atomic E-state index is 0.0674. The molecular weight excluding hydrogens is 476 g/mol. The third-order valence-electron chi connectivity index (χ3n) is 5.38. The van der Waals surface area contributed by atoms with Gasteiger partial charge in [0.05, 0.1) is 4.90 Å². The average Bonchev–Trinajstić information content (AvgIpc) is 2.82. The molecule has 0 aromatic heterocycles. The SMILES string of the molecule is O=C(c1cccc(CNS(=O)(=O)c2ccc(CBr)cc2)c1)N1CCCc2ccccc21. The highest BCUT2D eigenvalue weighted by Crippen LogP contribution is 2.28. The molecule has 160 valence electrons. The molecule has 4 rings (SSSR count). The Morgan fingerprint density at radius 1 is 0.968 bits per heavy atom. The predicted octanol–water partition coefficient (Wildman–Crippen LogP) is 4.65. The number of halogens is 1. The minimum Gasteiger partial charge on any atom is -0.308 e. The number of hydrogen-bond acceptors (Lipinski definition) is 3. The van der Waals surface area contributed by atoms with E-state index >= 15 is 0 Å². The van der Waals surface area contributed by atoms with Crippen LogP contribution in [0.25, 0.3) is 0 Å². The second-order valence-corrected chi connectivity index (χ2v) is 9.82. The van der Waals surface area contributed by atoms with Crippen molar-refractivity contribution in [2.24, 2.45) is 0 Å². The Morgan fingerprint density at radius 3 is 2.52 bits per heavy atom. The number of nitrogens with zero attached hydrogens (tertiary/aromatic N) is 1. The second-order valence-electron chi connectivity index (χ2n) is 7.49. The highest BCUT2D eigenvalue weighted by molar-refractivity contribution is 9.08. The zero-order valence-corrected chi connectivity index (χ0v) is 19.3. The van der Waals surface area contributed by atoms with Crippen molar-refractivity contribution < 1.29 is 13.2 Å². The number of rotatable bonds is 6. The summed E-state index contributed by atoms with van der Waals surface area (Å²) in [6.45, 7) is 0.789. The summed E-state index contributed by atoms with van der Waals surface area (Å²) in [7, 11) is -3.64. The van der Waals surface area contributed by atoms with Crippen LogP contribution in [0.3, 0.4) is 0 Å². The molecule has 0 fully saturated rings. The van der Waals surface area contributed by atoms with E-state index in [1.165, 1.54) is 5.56 Å². The second kappa shape index (κ2) is 9.34. The van der Waals surface area contributed by atoms with E-state index in [9.17, 15) is 13.2 Å². The summed E-state index contributed by atoms with van der Waals surface area (Å²) >= 11 is 3.35. The largest absolute Gasteiger partial charge is 0.308 e. The number of hydrogen-bond donors (Lipinski definition) is 1. The van der Waals surface area contributed by atoms with Crippen molar-refractivity contribution in [3.05, 3.63) is 95.1 Å². The van der Waals surface area contributed by atoms with Gasteiger partial charge in [0.1, 0.15) is 0 Å². The van der Waals surface area contributed by atoms with Gasteiger partial charge in [-0.25, -0.2) is 13.1 Å². The molecule has 0 aliphatic carbocycles. The molecule has 5 nitrogen and oxygen atoms in total. The number of para-hydroxylation sites is 1. The molecule has 1 aliphatic heterocycles. The van der Waals surface area contributed by atoms with Crippen molar-refractivity contribution in [1.82, 2.24) is 4.72 Å². The molecule has 0 spiro atoms. The lowest BCUT2D eigenvalue weighted by molar-refractivity contribution is 0.0985. The Balaban J connectivity index is 1.49. The Labute approximate surface area is 191 Å². The Morgan fingerprint density at radius 2 is 1.74 bits per heavy atom. The van der Waals surface area contributed by atoms with Gasteiger partial charge in [0.2, 0.25) is 10.0 Å². The van der Waals surface area contributed by atoms with Crippen LogP contribution in [0.1, 0.15) is 33.5 Å². The van der Waals surface area contributed by atoms with Crippen molar-refractivity contribution >= 4 is 37.5 Å². The maximum absolute atomic E-state index is 13.2. The molecular formula is C24H23BrN2O3S. The Bertz CT molecular complexity index is 1190. The van der Waals surface area contributed by atoms with Crippen LogP contribution in [0.5, 0.6) is 0 Å². The van der Waals surface area contributed by atoms with E-state index in [1.807, 2.05) is 29.2 Å². The number of alkyl halides is 1. The molecule has 31 heavy (non-hydrogen) atoms. The molecule has 3 aromatic carbocycles. The number of anilines is 1. The minimum atomic E-state index is -3.64. The van der Waals surface area contributed by atoms with Crippen LogP contribution in [-0.4, -0.2) is 20.9 Å². The van der Waals surface area contributed by atoms with Crippen molar-refractivity contribution in [3.8, 4) is 0 Å². The number of nitrogens with one attached hydrogen (secondary N) is 1. The summed E-state index contributed by atoms with van der Waals surface area (Å²) in [6.07, 6.45) is 1.90. The molecule has 1 N–H and O–H groups in total. The lowest BCUT2D eigenvalue weighted by Crippen LogP contribution is -2.35. The zero-order valence-electron chi connectivity index (χ0n) is 16.9. The quantitative estimate of drug-likeness (QED) is 0.502. The summed E-state index contributed by atoms with van der Waals surface area (Å²) in [4.78, 5) is 15.2. The maximum Gasteiger partial charge on any atom is 0.258 e. The molecule has 3 aromatic rings. The van der Waals surface area contributed by atoms with Crippen molar-refractivity contribution in [2.75, 3.05) is 11.4 Å². The summed E-state index contributed by atoms with van der Waals surface area (Å²) in [6, 6.07) is 21.8. The summed E-state index contributed by atoms with van der Waals surface area (Å²) < 4.78 is 27.8. The Hall–Kier alpha value is -2.48. The summed E-state index contributed by atoms with van der Waals surface area (Å²) in [5, 5.41) is 0.670. The average molecular weight is 499 g/mol. The number of fused-ring (bicyclic) bond motifs is 1. The number of aryl methyl sites for hydroxylation is 1. The van der Waals surface area contributed by atoms with E-state index < -0.39 is 10.0 Å². The van der Waals surface area contributed by atoms with Crippen LogP contribution in [0.15, 0.2) is 77.7 Å².